The maximum Gasteiger partial charge on any atom is 0.252 e. The van der Waals surface area contributed by atoms with E-state index >= 15 is 0 Å². The molecule has 0 spiro atoms. The Balaban J connectivity index is 0. The lowest BCUT2D eigenvalue weighted by Gasteiger charge is -1.81. The maximum atomic E-state index is 10.6. The van der Waals surface area contributed by atoms with E-state index in [0.717, 1.165) is 5.54 Å². The predicted octanol–water partition coefficient (Wildman–Crippen LogP) is -0.0943. The van der Waals surface area contributed by atoms with Crippen LogP contribution in [0.5, 0.6) is 0 Å². The van der Waals surface area contributed by atoms with Crippen LogP contribution in [0.3, 0.4) is 0 Å². The van der Waals surface area contributed by atoms with Crippen molar-refractivity contribution < 1.29 is 10.4 Å². The number of halogens is 2. The highest BCUT2D eigenvalue weighted by Crippen LogP contribution is 1.62. The topological polar surface area (TPSA) is 50.4 Å². The Morgan fingerprint density at radius 3 is 2.50 bits per heavy atom. The fourth-order valence-electron chi connectivity index (χ4n) is 0.0160. The molecule has 0 aromatic rings. The Kier molecular flexibility index (Phi) is 2.03. The van der Waals surface area contributed by atoms with E-state index in [1.165, 1.54) is 0 Å². The maximum absolute atomic E-state index is 10.6. The van der Waals surface area contributed by atoms with Crippen molar-refractivity contribution in [3.8, 4) is 0 Å². The van der Waals surface area contributed by atoms with Gasteiger partial charge in [0.15, 0.2) is 0 Å². The standard InChI is InChI=1S/CH3F2N3.H2/c2-5-1(4)6-3;/h(H3,4,5,6);1H. The lowest BCUT2D eigenvalue weighted by Crippen LogP contribution is -2.23. The van der Waals surface area contributed by atoms with Crippen LogP contribution in [-0.2, 0) is 0 Å². The summed E-state index contributed by atoms with van der Waals surface area (Å²) in [5, 5.41) is 1.72. The molecule has 0 aliphatic rings. The third-order valence-corrected chi connectivity index (χ3v) is 0.188. The lowest BCUT2D eigenvalue weighted by molar-refractivity contribution is 0.415. The highest BCUT2D eigenvalue weighted by atomic mass is 19.2. The summed E-state index contributed by atoms with van der Waals surface area (Å²) in [6.45, 7) is 0. The van der Waals surface area contributed by atoms with Crippen molar-refractivity contribution in [1.29, 1.82) is 0 Å². The van der Waals surface area contributed by atoms with Gasteiger partial charge in [0.2, 0.25) is 0 Å². The third-order valence-electron chi connectivity index (χ3n) is 0.188. The number of rotatable bonds is 0. The fourth-order valence-corrected chi connectivity index (χ4v) is 0.0160. The van der Waals surface area contributed by atoms with Gasteiger partial charge in [-0.3, -0.25) is 0 Å². The molecule has 0 aliphatic carbocycles. The first-order valence-corrected chi connectivity index (χ1v) is 1.12. The summed E-state index contributed by atoms with van der Waals surface area (Å²) in [5.74, 6) is -0.866. The van der Waals surface area contributed by atoms with Crippen LogP contribution in [0.2, 0.25) is 0 Å². The normalized spacial score (nSPS) is 11.3. The van der Waals surface area contributed by atoms with Crippen LogP contribution in [0.4, 0.5) is 8.96 Å². The van der Waals surface area contributed by atoms with E-state index in [0.29, 0.717) is 0 Å². The van der Waals surface area contributed by atoms with E-state index in [9.17, 15) is 8.96 Å². The third kappa shape index (κ3) is 1.45. The molecule has 0 saturated carbocycles. The Bertz CT molecular complexity index is 64.0. The molecular formula is CH5F2N3. The molecule has 0 aliphatic heterocycles. The van der Waals surface area contributed by atoms with Crippen molar-refractivity contribution in [2.75, 3.05) is 0 Å². The van der Waals surface area contributed by atoms with Crippen molar-refractivity contribution in [3.63, 3.8) is 0 Å². The first-order chi connectivity index (χ1) is 2.81. The minimum absolute atomic E-state index is 0. The van der Waals surface area contributed by atoms with Crippen LogP contribution < -0.4 is 11.3 Å². The number of hydrogen-bond donors (Lipinski definition) is 2. The summed E-state index contributed by atoms with van der Waals surface area (Å²) in [5.41, 5.74) is 5.13. The van der Waals surface area contributed by atoms with Crippen molar-refractivity contribution in [2.24, 2.45) is 10.9 Å². The average molecular weight is 97.1 g/mol. The fraction of sp³-hybridized carbons (Fsp3) is 0. The zero-order chi connectivity index (χ0) is 4.99. The van der Waals surface area contributed by atoms with Gasteiger partial charge < -0.3 is 5.73 Å². The van der Waals surface area contributed by atoms with Gasteiger partial charge in [0.05, 0.1) is 0 Å². The molecule has 6 heavy (non-hydrogen) atoms. The first-order valence-electron chi connectivity index (χ1n) is 1.12. The van der Waals surface area contributed by atoms with Crippen LogP contribution >= 0.6 is 0 Å². The highest BCUT2D eigenvalue weighted by Gasteiger charge is 1.79. The minimum Gasteiger partial charge on any atom is -0.366 e. The number of nitrogens with two attached hydrogens (primary N) is 1. The SMILES string of the molecule is NC(=NF)NF.[HH]. The summed E-state index contributed by atoms with van der Waals surface area (Å²) < 4.78 is 21.2. The van der Waals surface area contributed by atoms with E-state index < -0.39 is 5.96 Å². The average Bonchev–Trinajstić information content (AvgIpc) is 1.65. The van der Waals surface area contributed by atoms with E-state index in [1.807, 2.05) is 0 Å². The van der Waals surface area contributed by atoms with Crippen LogP contribution in [0.25, 0.3) is 0 Å². The van der Waals surface area contributed by atoms with Crippen molar-refractivity contribution in [2.45, 2.75) is 0 Å². The van der Waals surface area contributed by atoms with Crippen LogP contribution in [0.1, 0.15) is 1.43 Å². The molecular weight excluding hydrogens is 92.0 g/mol. The molecule has 0 atom stereocenters. The largest absolute Gasteiger partial charge is 0.366 e. The second kappa shape index (κ2) is 2.37. The molecule has 0 amide bonds. The van der Waals surface area contributed by atoms with Gasteiger partial charge in [-0.1, -0.05) is 4.48 Å². The van der Waals surface area contributed by atoms with E-state index in [1.54, 1.807) is 5.21 Å². The number of nitrogens with one attached hydrogen (secondary N) is 1. The lowest BCUT2D eigenvalue weighted by atomic mass is 11.1. The van der Waals surface area contributed by atoms with Crippen LogP contribution in [0.15, 0.2) is 5.21 Å². The summed E-state index contributed by atoms with van der Waals surface area (Å²) >= 11 is 0. The zero-order valence-electron chi connectivity index (χ0n) is 2.78. The molecule has 0 heterocycles. The number of guanidine groups is 1. The van der Waals surface area contributed by atoms with Gasteiger partial charge in [-0.25, -0.2) is 0 Å². The summed E-state index contributed by atoms with van der Waals surface area (Å²) in [6, 6.07) is 0. The monoisotopic (exact) mass is 97.0 g/mol. The molecule has 0 rings (SSSR count). The molecule has 3 N–H and O–H groups in total. The van der Waals surface area contributed by atoms with Gasteiger partial charge in [0, 0.05) is 1.43 Å². The predicted molar refractivity (Wildman–Crippen MR) is 19.1 cm³/mol. The van der Waals surface area contributed by atoms with Gasteiger partial charge in [0.1, 0.15) is 0 Å². The molecule has 0 bridgehead atoms. The van der Waals surface area contributed by atoms with Gasteiger partial charge in [0.25, 0.3) is 5.96 Å². The molecule has 5 heteroatoms. The zero-order valence-corrected chi connectivity index (χ0v) is 2.78. The van der Waals surface area contributed by atoms with Gasteiger partial charge >= 0.3 is 0 Å². The van der Waals surface area contributed by atoms with E-state index in [-0.39, 0.29) is 1.43 Å². The molecule has 0 aromatic heterocycles. The summed E-state index contributed by atoms with van der Waals surface area (Å²) in [4.78, 5) is 0. The highest BCUT2D eigenvalue weighted by molar-refractivity contribution is 5.75. The van der Waals surface area contributed by atoms with Gasteiger partial charge in [-0.05, 0) is 5.21 Å². The van der Waals surface area contributed by atoms with Gasteiger partial charge in [-0.15, -0.1) is 4.48 Å². The minimum atomic E-state index is -0.866. The molecule has 0 radical (unpaired) electrons. The summed E-state index contributed by atoms with van der Waals surface area (Å²) in [7, 11) is 0. The molecule has 38 valence electrons. The Labute approximate surface area is 34.2 Å². The molecule has 0 unspecified atom stereocenters. The van der Waals surface area contributed by atoms with Crippen LogP contribution in [0, 0.1) is 0 Å². The molecule has 0 aromatic carbocycles. The Morgan fingerprint density at radius 2 is 2.50 bits per heavy atom. The van der Waals surface area contributed by atoms with Crippen molar-refractivity contribution in [3.05, 3.63) is 0 Å². The second-order valence-electron chi connectivity index (χ2n) is 0.564. The van der Waals surface area contributed by atoms with E-state index in [4.69, 9.17) is 0 Å². The smallest absolute Gasteiger partial charge is 0.252 e. The van der Waals surface area contributed by atoms with Crippen LogP contribution in [-0.4, -0.2) is 5.96 Å². The van der Waals surface area contributed by atoms with E-state index in [2.05, 4.69) is 5.73 Å². The second-order valence-corrected chi connectivity index (χ2v) is 0.564. The van der Waals surface area contributed by atoms with Gasteiger partial charge in [-0.2, -0.15) is 5.54 Å². The number of hydrogen-bond acceptors (Lipinski definition) is 1. The number of nitrogens with zero attached hydrogens (tertiary/aromatic N) is 1. The molecule has 3 nitrogen and oxygen atoms in total. The van der Waals surface area contributed by atoms with Crippen molar-refractivity contribution >= 4 is 5.96 Å². The first kappa shape index (κ1) is 5.13. The Hall–Kier alpha value is -0.870. The molecule has 0 fully saturated rings. The Morgan fingerprint density at radius 1 is 2.00 bits per heavy atom. The van der Waals surface area contributed by atoms with Crippen molar-refractivity contribution in [1.82, 2.24) is 5.54 Å². The molecule has 0 saturated heterocycles. The quantitative estimate of drug-likeness (QED) is 0.252. The summed E-state index contributed by atoms with van der Waals surface area (Å²) in [6.07, 6.45) is 0.